The van der Waals surface area contributed by atoms with Crippen molar-refractivity contribution in [3.63, 3.8) is 0 Å². The standard InChI is InChI=1S/C5H12.3C2H2F4.C2H3F3O.5C2H2F2.CHF3.9CH2F2O.8CH2F2.7CH3F/c1-3-5-4-2;3*3-1-2(4,5)6;3-2(4,5)1-6;5*1-2(3)4;2-1(3)4;9*2-1-4-3;8*2-1-3;7*1-2/h3-5H2,1-2H3;3*1H2;6H,1H2;5*1H2;1H;9*1H2;8*1H2;7*1H3. The summed E-state index contributed by atoms with van der Waals surface area (Å²) >= 11 is 0. The van der Waals surface area contributed by atoms with E-state index in [1.807, 2.05) is 0 Å². The first-order valence-electron chi connectivity index (χ1n) is 24.8. The summed E-state index contributed by atoms with van der Waals surface area (Å²) in [5, 5.41) is 7.28. The van der Waals surface area contributed by atoms with Crippen LogP contribution in [0.2, 0.25) is 0 Å². The maximum absolute atomic E-state index is 10.5. The van der Waals surface area contributed by atoms with Crippen molar-refractivity contribution < 1.29 is 354 Å². The highest BCUT2D eigenvalue weighted by Crippen LogP contribution is 2.15. The molecule has 1 N–H and O–H groups in total. The molecule has 0 heterocycles. The SMILES string of the molecule is C=C(F)F.C=C(F)F.C=C(F)F.C=C(F)F.C=C(F)F.CCCCC.CF.CF.CF.CF.CF.CF.CF.FC(F)F.FCC(F)(F)F.FCC(F)(F)F.FCC(F)(F)F.FCF.FCF.FCF.FCF.FCF.FCF.FCF.FCF.FCOF.FCOF.FCOF.FCOF.FCOF.FCOF.FCOF.FCOF.FCOF.OCC(F)(F)F. The molecule has 0 bridgehead atoms. The van der Waals surface area contributed by atoms with E-state index in [4.69, 9.17) is 5.11 Å². The van der Waals surface area contributed by atoms with E-state index in [1.165, 1.54) is 19.3 Å². The zero-order valence-electron chi connectivity index (χ0n) is 64.8. The molecule has 0 aromatic carbocycles. The molecular weight excluding hydrogens is 2050 g/mol. The van der Waals surface area contributed by atoms with Crippen LogP contribution < -0.4 is 0 Å². The summed E-state index contributed by atoms with van der Waals surface area (Å²) in [4.78, 5) is 21.4. The van der Waals surface area contributed by atoms with Crippen LogP contribution in [-0.4, -0.2) is 231 Å². The van der Waals surface area contributed by atoms with Crippen LogP contribution in [0.25, 0.3) is 0 Å². The molecule has 0 saturated carbocycles. The third-order valence-electron chi connectivity index (χ3n) is 1.71. The highest BCUT2D eigenvalue weighted by Gasteiger charge is 2.27. The van der Waals surface area contributed by atoms with Gasteiger partial charge in [-0.05, 0) is 73.6 Å². The molecule has 79 heteroatoms. The molecular formula is C48H87F69O10. The van der Waals surface area contributed by atoms with Gasteiger partial charge in [0.05, 0.1) is 50.2 Å². The van der Waals surface area contributed by atoms with E-state index in [0.29, 0.717) is 50.2 Å². The molecule has 0 aliphatic rings. The first-order valence-corrected chi connectivity index (χ1v) is 24.8. The van der Waals surface area contributed by atoms with Gasteiger partial charge in [0.1, 0.15) is 6.61 Å². The molecule has 0 atom stereocenters. The van der Waals surface area contributed by atoms with E-state index in [0.717, 1.165) is 0 Å². The lowest BCUT2D eigenvalue weighted by atomic mass is 10.3. The van der Waals surface area contributed by atoms with Crippen LogP contribution >= 0.6 is 0 Å². The summed E-state index contributed by atoms with van der Waals surface area (Å²) in [7, 11) is 3.50. The zero-order chi connectivity index (χ0) is 113. The van der Waals surface area contributed by atoms with Gasteiger partial charge in [-0.3, -0.25) is 30.7 Å². The number of hydrogen-bond acceptors (Lipinski definition) is 10. The Balaban J connectivity index is -0.0000000209. The minimum Gasteiger partial charge on any atom is -0.387 e. The van der Waals surface area contributed by atoms with Crippen molar-refractivity contribution >= 4 is 0 Å². The monoisotopic (exact) mass is 2130 g/mol. The molecule has 0 radical (unpaired) electrons. The number of rotatable bonds is 11. The van der Waals surface area contributed by atoms with Crippen molar-refractivity contribution in [2.24, 2.45) is 0 Å². The Morgan fingerprint density at radius 3 is 0.260 bits per heavy atom. The summed E-state index contributed by atoms with van der Waals surface area (Å²) in [5.74, 6) is 0. The number of halogens is 69. The number of hydrogen-bond donors (Lipinski definition) is 1. The second-order valence-electron chi connectivity index (χ2n) is 9.09. The Bertz CT molecular complexity index is 1020. The van der Waals surface area contributed by atoms with Crippen molar-refractivity contribution in [2.75, 3.05) is 194 Å². The molecule has 0 unspecified atom stereocenters. The van der Waals surface area contributed by atoms with Gasteiger partial charge in [0.25, 0.3) is 30.4 Å². The van der Waals surface area contributed by atoms with E-state index in [2.05, 4.69) is 91.2 Å². The van der Waals surface area contributed by atoms with Crippen molar-refractivity contribution in [3.05, 3.63) is 63.3 Å². The van der Waals surface area contributed by atoms with Crippen LogP contribution in [0.4, 0.5) is 304 Å². The Labute approximate surface area is 676 Å². The Morgan fingerprint density at radius 1 is 0.220 bits per heavy atom. The predicted molar refractivity (Wildman–Crippen MR) is 318 cm³/mol. The van der Waals surface area contributed by atoms with Gasteiger partial charge in [-0.1, -0.05) is 33.1 Å². The smallest absolute Gasteiger partial charge is 0.387 e. The van der Waals surface area contributed by atoms with Crippen LogP contribution in [0.15, 0.2) is 63.3 Å². The molecule has 0 aliphatic carbocycles. The quantitative estimate of drug-likeness (QED) is 0.201. The van der Waals surface area contributed by atoms with E-state index >= 15 is 0 Å². The first kappa shape index (κ1) is 235. The molecule has 0 saturated heterocycles. The van der Waals surface area contributed by atoms with Crippen LogP contribution in [-0.2, 0) is 44.5 Å². The fourth-order valence-electron chi connectivity index (χ4n) is 0.354. The lowest BCUT2D eigenvalue weighted by Gasteiger charge is -1.95. The van der Waals surface area contributed by atoms with Gasteiger partial charge in [-0.2, -0.15) is 154 Å². The average molecular weight is 2140 g/mol. The van der Waals surface area contributed by atoms with Crippen LogP contribution in [0.1, 0.15) is 33.1 Å². The van der Waals surface area contributed by atoms with Crippen LogP contribution in [0, 0.1) is 0 Å². The molecule has 0 amide bonds. The van der Waals surface area contributed by atoms with Gasteiger partial charge in [0.2, 0.25) is 117 Å². The minimum atomic E-state index is -4.62. The summed E-state index contributed by atoms with van der Waals surface area (Å²) in [5.41, 5.74) is 0. The number of unbranched alkanes of at least 4 members (excludes halogenated alkanes) is 2. The van der Waals surface area contributed by atoms with E-state index in [9.17, 15) is 304 Å². The zero-order valence-corrected chi connectivity index (χ0v) is 64.8. The van der Waals surface area contributed by atoms with Crippen molar-refractivity contribution in [1.29, 1.82) is 0 Å². The predicted octanol–water partition coefficient (Wildman–Crippen LogP) is 33.9. The fraction of sp³-hybridized carbons (Fsp3) is 0.792. The summed E-state index contributed by atoms with van der Waals surface area (Å²) in [6, 6.07) is 0. The third-order valence-corrected chi connectivity index (χ3v) is 1.71. The summed E-state index contributed by atoms with van der Waals surface area (Å²) in [6.45, 7) is -22.7. The maximum Gasteiger partial charge on any atom is 0.416 e. The van der Waals surface area contributed by atoms with Crippen molar-refractivity contribution in [2.45, 2.75) is 64.5 Å². The molecule has 822 valence electrons. The molecule has 0 aromatic heterocycles. The van der Waals surface area contributed by atoms with Gasteiger partial charge in [0.15, 0.2) is 20.0 Å². The molecule has 127 heavy (non-hydrogen) atoms. The van der Waals surface area contributed by atoms with Crippen LogP contribution in [0.3, 0.4) is 0 Å². The second-order valence-corrected chi connectivity index (χ2v) is 9.09. The van der Waals surface area contributed by atoms with Crippen molar-refractivity contribution in [3.8, 4) is 0 Å². The number of aliphatic hydroxyl groups is 1. The minimum absolute atomic E-state index is 0.500. The Morgan fingerprint density at radius 2 is 0.260 bits per heavy atom. The summed E-state index contributed by atoms with van der Waals surface area (Å²) in [6.07, 6.45) is -23.4. The molecule has 0 spiro atoms. The second kappa shape index (κ2) is 358. The molecule has 10 nitrogen and oxygen atoms in total. The normalized spacial score (nSPS) is 7.50. The van der Waals surface area contributed by atoms with Gasteiger partial charge in [-0.15, -0.1) is 0 Å². The van der Waals surface area contributed by atoms with E-state index < -0.39 is 206 Å². The molecule has 0 aliphatic heterocycles. The first-order chi connectivity index (χ1) is 58.6. The highest BCUT2D eigenvalue weighted by atomic mass is 19.4. The molecule has 0 rings (SSSR count). The maximum atomic E-state index is 10.5. The largest absolute Gasteiger partial charge is 0.416 e. The third kappa shape index (κ3) is 6080. The number of aliphatic hydroxyl groups excluding tert-OH is 1. The van der Waals surface area contributed by atoms with Gasteiger partial charge in [-0.25, -0.2) is 123 Å². The summed E-state index contributed by atoms with van der Waals surface area (Å²) < 4.78 is 687. The Kier molecular flexibility index (Phi) is 663. The van der Waals surface area contributed by atoms with Gasteiger partial charge >= 0.3 is 31.4 Å². The molecule has 0 fully saturated rings. The topological polar surface area (TPSA) is 103 Å². The molecule has 0 aromatic rings. The number of alkyl halides is 50. The lowest BCUT2D eigenvalue weighted by Crippen LogP contribution is -2.12. The average Bonchev–Trinajstić information content (AvgIpc) is 1.06. The van der Waals surface area contributed by atoms with Gasteiger partial charge < -0.3 is 5.11 Å². The van der Waals surface area contributed by atoms with Crippen molar-refractivity contribution in [1.82, 2.24) is 0 Å². The van der Waals surface area contributed by atoms with Crippen LogP contribution in [0.5, 0.6) is 0 Å². The van der Waals surface area contributed by atoms with E-state index in [1.54, 1.807) is 0 Å². The lowest BCUT2D eigenvalue weighted by molar-refractivity contribution is -0.167. The fourth-order valence-corrected chi connectivity index (χ4v) is 0.354. The van der Waals surface area contributed by atoms with E-state index in [-0.39, 0.29) is 0 Å². The Hall–Kier alpha value is -6.53. The van der Waals surface area contributed by atoms with Gasteiger partial charge in [0, 0.05) is 0 Å². The highest BCUT2D eigenvalue weighted by molar-refractivity contribution is 4.58.